The van der Waals surface area contributed by atoms with Crippen molar-refractivity contribution < 1.29 is 4.79 Å². The zero-order valence-corrected chi connectivity index (χ0v) is 10.1. The van der Waals surface area contributed by atoms with Gasteiger partial charge in [0.1, 0.15) is 11.3 Å². The van der Waals surface area contributed by atoms with Gasteiger partial charge in [0.05, 0.1) is 6.20 Å². The minimum Gasteiger partial charge on any atom is -0.297 e. The van der Waals surface area contributed by atoms with Crippen LogP contribution in [0, 0.1) is 12.3 Å². The lowest BCUT2D eigenvalue weighted by Gasteiger charge is -2.15. The van der Waals surface area contributed by atoms with Crippen molar-refractivity contribution in [3.63, 3.8) is 0 Å². The lowest BCUT2D eigenvalue weighted by Crippen LogP contribution is -2.21. The standard InChI is InChI=1S/C13H16N2O/c1-9-5-6-15-10(8-14-11(15)7-9)12(16)13(2,3)4/h5-8H,1-4H3. The molecule has 0 saturated heterocycles. The number of carbonyl (C=O) groups is 1. The monoisotopic (exact) mass is 216 g/mol. The molecule has 0 aliphatic carbocycles. The molecule has 0 aliphatic heterocycles. The Balaban J connectivity index is 2.59. The maximum Gasteiger partial charge on any atom is 0.186 e. The number of pyridine rings is 1. The highest BCUT2D eigenvalue weighted by Gasteiger charge is 2.25. The molecule has 0 aromatic carbocycles. The van der Waals surface area contributed by atoms with Gasteiger partial charge in [-0.05, 0) is 24.6 Å². The number of rotatable bonds is 1. The third kappa shape index (κ3) is 1.73. The van der Waals surface area contributed by atoms with Gasteiger partial charge in [-0.25, -0.2) is 4.98 Å². The molecule has 0 bridgehead atoms. The molecule has 0 saturated carbocycles. The molecule has 3 heteroatoms. The molecule has 84 valence electrons. The van der Waals surface area contributed by atoms with E-state index in [1.54, 1.807) is 6.20 Å². The van der Waals surface area contributed by atoms with Crippen LogP contribution >= 0.6 is 0 Å². The van der Waals surface area contributed by atoms with Crippen molar-refractivity contribution >= 4 is 11.4 Å². The summed E-state index contributed by atoms with van der Waals surface area (Å²) in [5.41, 5.74) is 2.25. The number of hydrogen-bond acceptors (Lipinski definition) is 2. The Labute approximate surface area is 95.1 Å². The zero-order valence-electron chi connectivity index (χ0n) is 10.1. The average molecular weight is 216 g/mol. The number of carbonyl (C=O) groups excluding carboxylic acids is 1. The van der Waals surface area contributed by atoms with E-state index in [9.17, 15) is 4.79 Å². The van der Waals surface area contributed by atoms with Crippen molar-refractivity contribution in [1.29, 1.82) is 0 Å². The minimum absolute atomic E-state index is 0.115. The second-order valence-electron chi connectivity index (χ2n) is 5.15. The first-order chi connectivity index (χ1) is 7.39. The predicted molar refractivity (Wildman–Crippen MR) is 63.7 cm³/mol. The smallest absolute Gasteiger partial charge is 0.186 e. The molecular weight excluding hydrogens is 200 g/mol. The first kappa shape index (κ1) is 10.9. The number of fused-ring (bicyclic) bond motifs is 1. The molecule has 0 radical (unpaired) electrons. The minimum atomic E-state index is -0.374. The Kier molecular flexibility index (Phi) is 2.34. The van der Waals surface area contributed by atoms with Gasteiger partial charge in [-0.15, -0.1) is 0 Å². The maximum atomic E-state index is 12.2. The molecule has 0 aliphatic rings. The van der Waals surface area contributed by atoms with Gasteiger partial charge < -0.3 is 0 Å². The molecule has 2 rings (SSSR count). The van der Waals surface area contributed by atoms with Gasteiger partial charge in [0.2, 0.25) is 0 Å². The highest BCUT2D eigenvalue weighted by Crippen LogP contribution is 2.21. The number of aromatic nitrogens is 2. The molecular formula is C13H16N2O. The van der Waals surface area contributed by atoms with E-state index in [1.807, 2.05) is 50.4 Å². The highest BCUT2D eigenvalue weighted by atomic mass is 16.1. The molecule has 0 unspecified atom stereocenters. The lowest BCUT2D eigenvalue weighted by atomic mass is 9.89. The molecule has 2 aromatic heterocycles. The van der Waals surface area contributed by atoms with Crippen LogP contribution in [0.1, 0.15) is 36.8 Å². The molecule has 2 heterocycles. The molecule has 0 atom stereocenters. The second kappa shape index (κ2) is 3.44. The van der Waals surface area contributed by atoms with Crippen LogP contribution in [0.4, 0.5) is 0 Å². The number of nitrogens with zero attached hydrogens (tertiary/aromatic N) is 2. The van der Waals surface area contributed by atoms with Gasteiger partial charge in [-0.3, -0.25) is 9.20 Å². The van der Waals surface area contributed by atoms with Crippen LogP contribution in [0.2, 0.25) is 0 Å². The fourth-order valence-corrected chi connectivity index (χ4v) is 1.63. The number of aryl methyl sites for hydroxylation is 1. The molecule has 0 spiro atoms. The van der Waals surface area contributed by atoms with E-state index in [4.69, 9.17) is 0 Å². The summed E-state index contributed by atoms with van der Waals surface area (Å²) < 4.78 is 1.85. The maximum absolute atomic E-state index is 12.2. The fourth-order valence-electron chi connectivity index (χ4n) is 1.63. The summed E-state index contributed by atoms with van der Waals surface area (Å²) in [4.78, 5) is 16.4. The number of hydrogen-bond donors (Lipinski definition) is 0. The van der Waals surface area contributed by atoms with Crippen LogP contribution in [0.3, 0.4) is 0 Å². The van der Waals surface area contributed by atoms with E-state index < -0.39 is 0 Å². The third-order valence-corrected chi connectivity index (χ3v) is 2.58. The van der Waals surface area contributed by atoms with Gasteiger partial charge in [-0.1, -0.05) is 20.8 Å². The van der Waals surface area contributed by atoms with Crippen molar-refractivity contribution in [3.8, 4) is 0 Å². The van der Waals surface area contributed by atoms with Crippen molar-refractivity contribution in [2.75, 3.05) is 0 Å². The molecule has 16 heavy (non-hydrogen) atoms. The van der Waals surface area contributed by atoms with Crippen LogP contribution in [-0.2, 0) is 0 Å². The first-order valence-corrected chi connectivity index (χ1v) is 5.38. The van der Waals surface area contributed by atoms with E-state index in [1.165, 1.54) is 0 Å². The van der Waals surface area contributed by atoms with E-state index in [-0.39, 0.29) is 11.2 Å². The van der Waals surface area contributed by atoms with Gasteiger partial charge >= 0.3 is 0 Å². The normalized spacial score (nSPS) is 12.0. The second-order valence-corrected chi connectivity index (χ2v) is 5.15. The Morgan fingerprint density at radius 3 is 2.69 bits per heavy atom. The van der Waals surface area contributed by atoms with Gasteiger partial charge in [0.25, 0.3) is 0 Å². The van der Waals surface area contributed by atoms with Crippen LogP contribution < -0.4 is 0 Å². The average Bonchev–Trinajstić information content (AvgIpc) is 2.57. The van der Waals surface area contributed by atoms with E-state index in [0.29, 0.717) is 5.69 Å². The van der Waals surface area contributed by atoms with Crippen LogP contribution in [0.25, 0.3) is 5.65 Å². The highest BCUT2D eigenvalue weighted by molar-refractivity contribution is 5.98. The van der Waals surface area contributed by atoms with E-state index >= 15 is 0 Å². The number of imidazole rings is 1. The zero-order chi connectivity index (χ0) is 11.9. The molecule has 0 amide bonds. The molecule has 3 nitrogen and oxygen atoms in total. The summed E-state index contributed by atoms with van der Waals surface area (Å²) in [5.74, 6) is 0.115. The summed E-state index contributed by atoms with van der Waals surface area (Å²) in [6, 6.07) is 3.95. The summed E-state index contributed by atoms with van der Waals surface area (Å²) in [7, 11) is 0. The van der Waals surface area contributed by atoms with Gasteiger partial charge in [0, 0.05) is 11.6 Å². The van der Waals surface area contributed by atoms with E-state index in [0.717, 1.165) is 11.2 Å². The summed E-state index contributed by atoms with van der Waals surface area (Å²) in [6.07, 6.45) is 3.55. The lowest BCUT2D eigenvalue weighted by molar-refractivity contribution is 0.0852. The van der Waals surface area contributed by atoms with Gasteiger partial charge in [-0.2, -0.15) is 0 Å². The topological polar surface area (TPSA) is 34.4 Å². The summed E-state index contributed by atoms with van der Waals surface area (Å²) in [6.45, 7) is 7.77. The Morgan fingerprint density at radius 2 is 2.06 bits per heavy atom. The summed E-state index contributed by atoms with van der Waals surface area (Å²) in [5, 5.41) is 0. The Hall–Kier alpha value is -1.64. The van der Waals surface area contributed by atoms with Gasteiger partial charge in [0.15, 0.2) is 5.78 Å². The Morgan fingerprint density at radius 1 is 1.38 bits per heavy atom. The predicted octanol–water partition coefficient (Wildman–Crippen LogP) is 2.87. The van der Waals surface area contributed by atoms with Crippen molar-refractivity contribution in [2.45, 2.75) is 27.7 Å². The Bertz CT molecular complexity index is 547. The molecule has 2 aromatic rings. The molecule has 0 N–H and O–H groups in total. The SMILES string of the molecule is Cc1ccn2c(C(=O)C(C)(C)C)cnc2c1. The third-order valence-electron chi connectivity index (χ3n) is 2.58. The van der Waals surface area contributed by atoms with Crippen molar-refractivity contribution in [2.24, 2.45) is 5.41 Å². The first-order valence-electron chi connectivity index (χ1n) is 5.38. The molecule has 0 fully saturated rings. The number of ketones is 1. The quantitative estimate of drug-likeness (QED) is 0.687. The van der Waals surface area contributed by atoms with Crippen LogP contribution in [-0.4, -0.2) is 15.2 Å². The van der Waals surface area contributed by atoms with Crippen molar-refractivity contribution in [3.05, 3.63) is 35.8 Å². The largest absolute Gasteiger partial charge is 0.297 e. The van der Waals surface area contributed by atoms with Crippen molar-refractivity contribution in [1.82, 2.24) is 9.38 Å². The van der Waals surface area contributed by atoms with Crippen LogP contribution in [0.5, 0.6) is 0 Å². The van der Waals surface area contributed by atoms with Crippen LogP contribution in [0.15, 0.2) is 24.5 Å². The summed E-state index contributed by atoms with van der Waals surface area (Å²) >= 11 is 0. The fraction of sp³-hybridized carbons (Fsp3) is 0.385. The number of Topliss-reactive ketones (excluding diaryl/α,β-unsaturated/α-hetero) is 1. The van der Waals surface area contributed by atoms with E-state index in [2.05, 4.69) is 4.98 Å².